The third-order valence-corrected chi connectivity index (χ3v) is 3.02. The molecular weight excluding hydrogens is 238 g/mol. The van der Waals surface area contributed by atoms with Gasteiger partial charge in [-0.1, -0.05) is 6.92 Å². The van der Waals surface area contributed by atoms with Gasteiger partial charge < -0.3 is 10.0 Å². The molecule has 1 aliphatic heterocycles. The second-order valence-corrected chi connectivity index (χ2v) is 4.47. The molecule has 0 spiro atoms. The first-order chi connectivity index (χ1) is 8.49. The Labute approximate surface area is 103 Å². The first-order valence-corrected chi connectivity index (χ1v) is 5.61. The van der Waals surface area contributed by atoms with Gasteiger partial charge in [0, 0.05) is 19.2 Å². The highest BCUT2D eigenvalue weighted by Crippen LogP contribution is 2.27. The second kappa shape index (κ2) is 4.59. The highest BCUT2D eigenvalue weighted by Gasteiger charge is 2.26. The Morgan fingerprint density at radius 3 is 2.89 bits per heavy atom. The van der Waals surface area contributed by atoms with Crippen molar-refractivity contribution in [2.24, 2.45) is 5.92 Å². The van der Waals surface area contributed by atoms with Crippen LogP contribution in [0.25, 0.3) is 0 Å². The number of nitro groups is 1. The number of nitrogens with zero attached hydrogens (tertiary/aromatic N) is 3. The number of aromatic carboxylic acids is 1. The van der Waals surface area contributed by atoms with Gasteiger partial charge in [-0.2, -0.15) is 0 Å². The third kappa shape index (κ3) is 2.24. The lowest BCUT2D eigenvalue weighted by molar-refractivity contribution is -0.385. The summed E-state index contributed by atoms with van der Waals surface area (Å²) in [5, 5.41) is 19.7. The van der Waals surface area contributed by atoms with E-state index < -0.39 is 10.9 Å². The zero-order valence-corrected chi connectivity index (χ0v) is 9.87. The fraction of sp³-hybridized carbons (Fsp3) is 0.455. The van der Waals surface area contributed by atoms with Gasteiger partial charge in [-0.3, -0.25) is 10.1 Å². The average molecular weight is 251 g/mol. The molecule has 96 valence electrons. The summed E-state index contributed by atoms with van der Waals surface area (Å²) in [6.45, 7) is 3.53. The fourth-order valence-corrected chi connectivity index (χ4v) is 2.08. The summed E-state index contributed by atoms with van der Waals surface area (Å²) >= 11 is 0. The molecule has 0 bridgehead atoms. The lowest BCUT2D eigenvalue weighted by Crippen LogP contribution is -2.23. The van der Waals surface area contributed by atoms with E-state index in [1.807, 2.05) is 4.90 Å². The molecule has 1 aromatic rings. The number of carboxylic acids is 1. The smallest absolute Gasteiger partial charge is 0.339 e. The molecule has 7 heteroatoms. The van der Waals surface area contributed by atoms with E-state index in [1.165, 1.54) is 0 Å². The van der Waals surface area contributed by atoms with E-state index >= 15 is 0 Å². The molecule has 1 unspecified atom stereocenters. The predicted molar refractivity (Wildman–Crippen MR) is 63.8 cm³/mol. The van der Waals surface area contributed by atoms with Gasteiger partial charge in [0.15, 0.2) is 0 Å². The van der Waals surface area contributed by atoms with Gasteiger partial charge in [-0.25, -0.2) is 9.78 Å². The summed E-state index contributed by atoms with van der Waals surface area (Å²) in [6, 6.07) is 1.06. The van der Waals surface area contributed by atoms with Gasteiger partial charge in [0.2, 0.25) is 0 Å². The van der Waals surface area contributed by atoms with Crippen molar-refractivity contribution in [2.75, 3.05) is 18.0 Å². The van der Waals surface area contributed by atoms with Crippen LogP contribution in [0.2, 0.25) is 0 Å². The monoisotopic (exact) mass is 251 g/mol. The zero-order chi connectivity index (χ0) is 13.3. The number of carbonyl (C=O) groups is 1. The Balaban J connectivity index is 2.41. The summed E-state index contributed by atoms with van der Waals surface area (Å²) in [6.07, 6.45) is 2.07. The summed E-state index contributed by atoms with van der Waals surface area (Å²) in [5.74, 6) is -0.401. The van der Waals surface area contributed by atoms with Crippen LogP contribution in [0, 0.1) is 16.0 Å². The Kier molecular flexibility index (Phi) is 3.14. The van der Waals surface area contributed by atoms with Crippen LogP contribution in [-0.2, 0) is 0 Å². The van der Waals surface area contributed by atoms with Crippen LogP contribution in [0.4, 0.5) is 11.5 Å². The number of hydrogen-bond acceptors (Lipinski definition) is 5. The summed E-state index contributed by atoms with van der Waals surface area (Å²) in [5.41, 5.74) is -0.415. The lowest BCUT2D eigenvalue weighted by atomic mass is 10.2. The molecule has 7 nitrogen and oxygen atoms in total. The largest absolute Gasteiger partial charge is 0.478 e. The molecule has 0 amide bonds. The van der Waals surface area contributed by atoms with Crippen molar-refractivity contribution in [3.63, 3.8) is 0 Å². The van der Waals surface area contributed by atoms with Crippen molar-refractivity contribution < 1.29 is 14.8 Å². The summed E-state index contributed by atoms with van der Waals surface area (Å²) in [7, 11) is 0. The van der Waals surface area contributed by atoms with Gasteiger partial charge >= 0.3 is 5.97 Å². The minimum absolute atomic E-state index is 0.113. The molecule has 2 heterocycles. The summed E-state index contributed by atoms with van der Waals surface area (Å²) in [4.78, 5) is 26.9. The molecule has 0 radical (unpaired) electrons. The highest BCUT2D eigenvalue weighted by atomic mass is 16.6. The number of rotatable bonds is 3. The van der Waals surface area contributed by atoms with Crippen LogP contribution in [-0.4, -0.2) is 34.1 Å². The van der Waals surface area contributed by atoms with Crippen molar-refractivity contribution >= 4 is 17.5 Å². The van der Waals surface area contributed by atoms with E-state index in [2.05, 4.69) is 11.9 Å². The summed E-state index contributed by atoms with van der Waals surface area (Å²) < 4.78 is 0. The third-order valence-electron chi connectivity index (χ3n) is 3.02. The van der Waals surface area contributed by atoms with Crippen LogP contribution in [0.3, 0.4) is 0 Å². The van der Waals surface area contributed by atoms with Crippen molar-refractivity contribution in [2.45, 2.75) is 13.3 Å². The molecular formula is C11H13N3O4. The quantitative estimate of drug-likeness (QED) is 0.646. The Hall–Kier alpha value is -2.18. The molecule has 0 saturated carbocycles. The minimum Gasteiger partial charge on any atom is -0.478 e. The van der Waals surface area contributed by atoms with Gasteiger partial charge in [0.1, 0.15) is 17.6 Å². The number of pyridine rings is 1. The predicted octanol–water partition coefficient (Wildman–Crippen LogP) is 1.53. The van der Waals surface area contributed by atoms with Crippen molar-refractivity contribution in [3.05, 3.63) is 27.9 Å². The SMILES string of the molecule is CC1CCN(c2ncc([N+](=O)[O-])cc2C(=O)O)C1. The molecule has 0 aromatic carbocycles. The van der Waals surface area contributed by atoms with Gasteiger partial charge in [0.05, 0.1) is 4.92 Å². The molecule has 1 N–H and O–H groups in total. The van der Waals surface area contributed by atoms with E-state index in [1.54, 1.807) is 0 Å². The molecule has 2 rings (SSSR count). The molecule has 1 saturated heterocycles. The van der Waals surface area contributed by atoms with E-state index in [-0.39, 0.29) is 11.3 Å². The fourth-order valence-electron chi connectivity index (χ4n) is 2.08. The Bertz CT molecular complexity index is 503. The molecule has 1 fully saturated rings. The Morgan fingerprint density at radius 2 is 2.39 bits per heavy atom. The lowest BCUT2D eigenvalue weighted by Gasteiger charge is -2.18. The van der Waals surface area contributed by atoms with Crippen LogP contribution in [0.5, 0.6) is 0 Å². The maximum atomic E-state index is 11.1. The highest BCUT2D eigenvalue weighted by molar-refractivity contribution is 5.94. The standard InChI is InChI=1S/C11H13N3O4/c1-7-2-3-13(6-7)10-9(11(15)16)4-8(5-12-10)14(17)18/h4-5,7H,2-3,6H2,1H3,(H,15,16). The normalized spacial score (nSPS) is 18.9. The van der Waals surface area contributed by atoms with Gasteiger partial charge in [-0.05, 0) is 12.3 Å². The van der Waals surface area contributed by atoms with Crippen molar-refractivity contribution in [1.82, 2.24) is 4.98 Å². The van der Waals surface area contributed by atoms with E-state index in [0.717, 1.165) is 31.8 Å². The van der Waals surface area contributed by atoms with E-state index in [0.29, 0.717) is 11.7 Å². The second-order valence-electron chi connectivity index (χ2n) is 4.47. The van der Waals surface area contributed by atoms with Crippen LogP contribution >= 0.6 is 0 Å². The average Bonchev–Trinajstić information content (AvgIpc) is 2.74. The molecule has 1 aliphatic rings. The van der Waals surface area contributed by atoms with Crippen LogP contribution < -0.4 is 4.90 Å². The van der Waals surface area contributed by atoms with Gasteiger partial charge in [0.25, 0.3) is 5.69 Å². The number of anilines is 1. The number of aromatic nitrogens is 1. The van der Waals surface area contributed by atoms with Crippen molar-refractivity contribution in [3.8, 4) is 0 Å². The van der Waals surface area contributed by atoms with Crippen molar-refractivity contribution in [1.29, 1.82) is 0 Å². The topological polar surface area (TPSA) is 96.6 Å². The van der Waals surface area contributed by atoms with Crippen LogP contribution in [0.15, 0.2) is 12.3 Å². The molecule has 1 aromatic heterocycles. The first-order valence-electron chi connectivity index (χ1n) is 5.61. The molecule has 1 atom stereocenters. The first kappa shape index (κ1) is 12.3. The maximum absolute atomic E-state index is 11.1. The number of carboxylic acid groups (broad SMARTS) is 1. The van der Waals surface area contributed by atoms with Crippen LogP contribution in [0.1, 0.15) is 23.7 Å². The van der Waals surface area contributed by atoms with Gasteiger partial charge in [-0.15, -0.1) is 0 Å². The maximum Gasteiger partial charge on any atom is 0.339 e. The minimum atomic E-state index is -1.19. The van der Waals surface area contributed by atoms with E-state index in [4.69, 9.17) is 5.11 Å². The van der Waals surface area contributed by atoms with E-state index in [9.17, 15) is 14.9 Å². The zero-order valence-electron chi connectivity index (χ0n) is 9.87. The molecule has 18 heavy (non-hydrogen) atoms. The number of hydrogen-bond donors (Lipinski definition) is 1. The molecule has 0 aliphatic carbocycles. The Morgan fingerprint density at radius 1 is 1.67 bits per heavy atom.